The van der Waals surface area contributed by atoms with Crippen molar-refractivity contribution in [1.82, 2.24) is 14.9 Å². The van der Waals surface area contributed by atoms with Crippen LogP contribution in [0.4, 0.5) is 19.0 Å². The zero-order valence-electron chi connectivity index (χ0n) is 23.0. The largest absolute Gasteiger partial charge is 0.493 e. The number of H-pyrrole nitrogens is 1. The number of benzene rings is 2. The molecule has 218 valence electrons. The lowest BCUT2D eigenvalue weighted by Crippen LogP contribution is -2.62. The van der Waals surface area contributed by atoms with E-state index in [-0.39, 0.29) is 23.9 Å². The van der Waals surface area contributed by atoms with E-state index in [1.54, 1.807) is 35.6 Å². The number of alkyl halides is 3. The normalized spacial score (nSPS) is 16.6. The van der Waals surface area contributed by atoms with Crippen molar-refractivity contribution in [3.63, 3.8) is 0 Å². The van der Waals surface area contributed by atoms with Crippen LogP contribution < -0.4 is 31.4 Å². The number of aromatic amines is 1. The van der Waals surface area contributed by atoms with Gasteiger partial charge in [-0.05, 0) is 47.2 Å². The van der Waals surface area contributed by atoms with E-state index in [0.717, 1.165) is 10.1 Å². The van der Waals surface area contributed by atoms with Gasteiger partial charge >= 0.3 is 11.9 Å². The highest BCUT2D eigenvalue weighted by molar-refractivity contribution is 6.09. The van der Waals surface area contributed by atoms with Gasteiger partial charge in [0.1, 0.15) is 11.4 Å². The number of anilines is 1. The first-order valence-electron chi connectivity index (χ1n) is 12.5. The Bertz CT molecular complexity index is 1620. The smallest absolute Gasteiger partial charge is 0.425 e. The van der Waals surface area contributed by atoms with Gasteiger partial charge in [0, 0.05) is 12.1 Å². The number of nitrogens with zero attached hydrogens (tertiary/aromatic N) is 1. The van der Waals surface area contributed by atoms with E-state index in [9.17, 15) is 32.3 Å². The molecule has 41 heavy (non-hydrogen) atoms. The third-order valence-corrected chi connectivity index (χ3v) is 6.96. The van der Waals surface area contributed by atoms with Gasteiger partial charge in [-0.2, -0.15) is 13.2 Å². The van der Waals surface area contributed by atoms with Gasteiger partial charge in [0.25, 0.3) is 22.9 Å². The molecule has 0 fully saturated rings. The lowest BCUT2D eigenvalue weighted by molar-refractivity contribution is -0.196. The Morgan fingerprint density at radius 2 is 1.61 bits per heavy atom. The summed E-state index contributed by atoms with van der Waals surface area (Å²) in [5.41, 5.74) is -6.31. The third kappa shape index (κ3) is 5.19. The molecule has 2 heterocycles. The number of hydrogen-bond acceptors (Lipinski definition) is 6. The topological polar surface area (TPSA) is 132 Å². The molecule has 2 aromatic carbocycles. The number of methoxy groups -OCH3 is 2. The first-order valence-corrected chi connectivity index (χ1v) is 12.5. The van der Waals surface area contributed by atoms with Crippen molar-refractivity contribution >= 4 is 17.6 Å². The van der Waals surface area contributed by atoms with E-state index in [0.29, 0.717) is 17.1 Å². The summed E-state index contributed by atoms with van der Waals surface area (Å²) in [6, 6.07) is 10.8. The molecule has 1 aliphatic heterocycles. The van der Waals surface area contributed by atoms with E-state index >= 15 is 0 Å². The highest BCUT2D eigenvalue weighted by Gasteiger charge is 2.68. The maximum Gasteiger partial charge on any atom is 0.425 e. The number of halogens is 3. The molecular formula is C28H29F3N4O6. The number of hydrogen-bond donors (Lipinski definition) is 3. The predicted molar refractivity (Wildman–Crippen MR) is 144 cm³/mol. The van der Waals surface area contributed by atoms with Crippen LogP contribution in [0, 0.1) is 0 Å². The SMILES string of the molecule is COc1ccc(CCn2c3c(c(=O)[nH]c2=O)[C@@](NC(=O)c2ccc(C(C)(C)C)cc2)(C(F)(F)F)C(=O)N3)cc1OC. The van der Waals surface area contributed by atoms with Crippen LogP contribution in [0.15, 0.2) is 52.1 Å². The molecule has 13 heteroatoms. The minimum Gasteiger partial charge on any atom is -0.493 e. The average molecular weight is 575 g/mol. The van der Waals surface area contributed by atoms with Crippen LogP contribution in [0.2, 0.25) is 0 Å². The van der Waals surface area contributed by atoms with Gasteiger partial charge in [0.05, 0.1) is 14.2 Å². The van der Waals surface area contributed by atoms with E-state index in [1.165, 1.54) is 26.4 Å². The molecule has 0 spiro atoms. The van der Waals surface area contributed by atoms with Crippen LogP contribution in [-0.4, -0.2) is 41.8 Å². The van der Waals surface area contributed by atoms with Crippen molar-refractivity contribution in [2.24, 2.45) is 0 Å². The van der Waals surface area contributed by atoms with Crippen LogP contribution >= 0.6 is 0 Å². The third-order valence-electron chi connectivity index (χ3n) is 6.96. The highest BCUT2D eigenvalue weighted by Crippen LogP contribution is 2.45. The Hall–Kier alpha value is -4.55. The summed E-state index contributed by atoms with van der Waals surface area (Å²) in [7, 11) is 2.89. The van der Waals surface area contributed by atoms with Crippen LogP contribution in [0.1, 0.15) is 47.8 Å². The van der Waals surface area contributed by atoms with Crippen molar-refractivity contribution in [3.05, 3.63) is 85.6 Å². The number of carbonyl (C=O) groups excluding carboxylic acids is 2. The summed E-state index contributed by atoms with van der Waals surface area (Å²) >= 11 is 0. The predicted octanol–water partition coefficient (Wildman–Crippen LogP) is 3.23. The van der Waals surface area contributed by atoms with Crippen molar-refractivity contribution in [2.45, 2.75) is 50.9 Å². The fourth-order valence-electron chi connectivity index (χ4n) is 4.68. The molecule has 2 amide bonds. The Morgan fingerprint density at radius 3 is 2.17 bits per heavy atom. The zero-order valence-corrected chi connectivity index (χ0v) is 23.0. The lowest BCUT2D eigenvalue weighted by Gasteiger charge is -2.30. The minimum atomic E-state index is -5.44. The van der Waals surface area contributed by atoms with Gasteiger partial charge in [0.2, 0.25) is 0 Å². The number of aromatic nitrogens is 2. The Balaban J connectivity index is 1.75. The fraction of sp³-hybridized carbons (Fsp3) is 0.357. The number of ether oxygens (including phenoxy) is 2. The number of nitrogens with one attached hydrogen (secondary N) is 3. The number of rotatable bonds is 7. The van der Waals surface area contributed by atoms with E-state index in [4.69, 9.17) is 9.47 Å². The molecule has 3 N–H and O–H groups in total. The van der Waals surface area contributed by atoms with Gasteiger partial charge in [-0.1, -0.05) is 39.0 Å². The van der Waals surface area contributed by atoms with Gasteiger partial charge < -0.3 is 20.1 Å². The standard InChI is InChI=1S/C28H29F3N4O6/c1-26(2,3)17-9-7-16(8-10-17)22(36)34-27(28(29,30)31)20-21(32-24(27)38)35(25(39)33-23(20)37)13-12-15-6-11-18(40-4)19(14-15)41-5/h6-11,14H,12-13H2,1-5H3,(H,32,38)(H,34,36)(H,33,37,39)/t27-/m0/s1. The average Bonchev–Trinajstić information content (AvgIpc) is 3.20. The molecule has 0 saturated carbocycles. The van der Waals surface area contributed by atoms with Crippen molar-refractivity contribution < 1.29 is 32.2 Å². The molecule has 0 bridgehead atoms. The fourth-order valence-corrected chi connectivity index (χ4v) is 4.68. The molecule has 1 atom stereocenters. The first-order chi connectivity index (χ1) is 19.1. The van der Waals surface area contributed by atoms with Crippen LogP contribution in [-0.2, 0) is 28.7 Å². The summed E-state index contributed by atoms with van der Waals surface area (Å²) in [5, 5.41) is 3.79. The first kappa shape index (κ1) is 29.4. The quantitative estimate of drug-likeness (QED) is 0.397. The van der Waals surface area contributed by atoms with Gasteiger partial charge in [-0.25, -0.2) is 4.79 Å². The second-order valence-corrected chi connectivity index (χ2v) is 10.6. The lowest BCUT2D eigenvalue weighted by atomic mass is 9.86. The summed E-state index contributed by atoms with van der Waals surface area (Å²) < 4.78 is 55.4. The summed E-state index contributed by atoms with van der Waals surface area (Å²) in [4.78, 5) is 53.5. The maximum absolute atomic E-state index is 14.7. The van der Waals surface area contributed by atoms with Crippen LogP contribution in [0.5, 0.6) is 11.5 Å². The Labute approximate surface area is 232 Å². The van der Waals surface area contributed by atoms with Gasteiger partial charge in [0.15, 0.2) is 11.5 Å². The molecule has 1 aliphatic rings. The molecule has 1 aromatic heterocycles. The molecule has 0 saturated heterocycles. The second-order valence-electron chi connectivity index (χ2n) is 10.6. The Kier molecular flexibility index (Phi) is 7.50. The van der Waals surface area contributed by atoms with E-state index in [1.807, 2.05) is 31.1 Å². The monoisotopic (exact) mass is 574 g/mol. The highest BCUT2D eigenvalue weighted by atomic mass is 19.4. The summed E-state index contributed by atoms with van der Waals surface area (Å²) in [6.45, 7) is 5.57. The van der Waals surface area contributed by atoms with Crippen molar-refractivity contribution in [3.8, 4) is 11.5 Å². The number of carbonyl (C=O) groups is 2. The Morgan fingerprint density at radius 1 is 0.976 bits per heavy atom. The molecular weight excluding hydrogens is 545 g/mol. The van der Waals surface area contributed by atoms with Crippen molar-refractivity contribution in [2.75, 3.05) is 19.5 Å². The van der Waals surface area contributed by atoms with Gasteiger partial charge in [-0.15, -0.1) is 0 Å². The number of amides is 2. The zero-order chi connectivity index (χ0) is 30.3. The minimum absolute atomic E-state index is 0.111. The van der Waals surface area contributed by atoms with Crippen LogP contribution in [0.3, 0.4) is 0 Å². The van der Waals surface area contributed by atoms with E-state index < -0.39 is 46.2 Å². The molecule has 0 aliphatic carbocycles. The molecule has 0 radical (unpaired) electrons. The molecule has 4 rings (SSSR count). The molecule has 0 unspecified atom stereocenters. The summed E-state index contributed by atoms with van der Waals surface area (Å²) in [6.07, 6.45) is -5.33. The molecule has 10 nitrogen and oxygen atoms in total. The number of fused-ring (bicyclic) bond motifs is 1. The summed E-state index contributed by atoms with van der Waals surface area (Å²) in [5.74, 6) is -2.75. The van der Waals surface area contributed by atoms with E-state index in [2.05, 4.69) is 0 Å². The maximum atomic E-state index is 14.7. The van der Waals surface area contributed by atoms with Crippen molar-refractivity contribution in [1.29, 1.82) is 0 Å². The second kappa shape index (κ2) is 10.5. The number of aryl methyl sites for hydroxylation is 1. The molecule has 3 aromatic rings. The van der Waals surface area contributed by atoms with Gasteiger partial charge in [-0.3, -0.25) is 23.9 Å². The van der Waals surface area contributed by atoms with Crippen LogP contribution in [0.25, 0.3) is 0 Å².